The van der Waals surface area contributed by atoms with Crippen LogP contribution >= 0.6 is 11.8 Å². The minimum Gasteiger partial charge on any atom is -0.507 e. The molecule has 0 aliphatic carbocycles. The number of phenolic OH excluding ortho intramolecular Hbond substituents is 1. The van der Waals surface area contributed by atoms with Crippen molar-refractivity contribution in [3.63, 3.8) is 0 Å². The first kappa shape index (κ1) is 36.6. The molecule has 1 N–H and O–H groups in total. The molecule has 0 bridgehead atoms. The number of benzene rings is 4. The topological polar surface area (TPSA) is 135 Å². The number of aromatic hydroxyl groups is 1. The van der Waals surface area contributed by atoms with Crippen LogP contribution in [-0.4, -0.2) is 49.6 Å². The summed E-state index contributed by atoms with van der Waals surface area (Å²) in [5.41, 5.74) is 5.91. The van der Waals surface area contributed by atoms with Gasteiger partial charge in [0.1, 0.15) is 52.9 Å². The molecule has 0 radical (unpaired) electrons. The van der Waals surface area contributed by atoms with Crippen molar-refractivity contribution < 1.29 is 33.8 Å². The summed E-state index contributed by atoms with van der Waals surface area (Å²) in [6, 6.07) is 19.5. The number of aromatic nitrogens is 2. The summed E-state index contributed by atoms with van der Waals surface area (Å²) in [5, 5.41) is 21.0. The number of phenols is 1. The number of hydrogen-bond donors (Lipinski definition) is 1. The van der Waals surface area contributed by atoms with Crippen LogP contribution in [0.25, 0.3) is 11.0 Å². The Morgan fingerprint density at radius 2 is 1.75 bits per heavy atom. The highest BCUT2D eigenvalue weighted by atomic mass is 32.2. The Morgan fingerprint density at radius 3 is 2.44 bits per heavy atom. The van der Waals surface area contributed by atoms with Crippen molar-refractivity contribution in [3.8, 4) is 23.0 Å². The summed E-state index contributed by atoms with van der Waals surface area (Å²) in [6.45, 7) is 10.6. The molecule has 5 aromatic rings. The van der Waals surface area contributed by atoms with Crippen molar-refractivity contribution >= 4 is 34.5 Å². The van der Waals surface area contributed by atoms with Crippen LogP contribution in [0.5, 0.6) is 23.0 Å². The second kappa shape index (κ2) is 15.2. The molecule has 4 aromatic carbocycles. The molecule has 1 aromatic heterocycles. The van der Waals surface area contributed by atoms with Crippen LogP contribution in [0.3, 0.4) is 0 Å². The van der Waals surface area contributed by atoms with Gasteiger partial charge < -0.3 is 28.6 Å². The minimum absolute atomic E-state index is 0.00354. The Morgan fingerprint density at radius 1 is 1.04 bits per heavy atom. The van der Waals surface area contributed by atoms with E-state index in [1.54, 1.807) is 19.1 Å². The number of rotatable bonds is 13. The predicted molar refractivity (Wildman–Crippen MR) is 200 cm³/mol. The molecular weight excluding hydrogens is 683 g/mol. The van der Waals surface area contributed by atoms with E-state index in [4.69, 9.17) is 23.9 Å². The number of esters is 1. The van der Waals surface area contributed by atoms with E-state index in [0.717, 1.165) is 73.9 Å². The van der Waals surface area contributed by atoms with E-state index in [1.807, 2.05) is 74.9 Å². The summed E-state index contributed by atoms with van der Waals surface area (Å²) >= 11 is 1.32. The van der Waals surface area contributed by atoms with Gasteiger partial charge in [0.25, 0.3) is 5.69 Å². The Labute approximate surface area is 307 Å². The Hall–Kier alpha value is -5.23. The van der Waals surface area contributed by atoms with Crippen molar-refractivity contribution in [2.45, 2.75) is 76.2 Å². The molecule has 0 amide bonds. The lowest BCUT2D eigenvalue weighted by atomic mass is 9.87. The molecule has 0 saturated heterocycles. The van der Waals surface area contributed by atoms with Crippen LogP contribution in [-0.2, 0) is 36.0 Å². The Bertz CT molecular complexity index is 2110. The molecule has 52 heavy (non-hydrogen) atoms. The summed E-state index contributed by atoms with van der Waals surface area (Å²) in [6.07, 6.45) is 1.99. The van der Waals surface area contributed by atoms with Crippen LogP contribution < -0.4 is 14.2 Å². The lowest BCUT2D eigenvalue weighted by Gasteiger charge is -2.37. The van der Waals surface area contributed by atoms with E-state index in [0.29, 0.717) is 24.5 Å². The minimum atomic E-state index is -0.523. The lowest BCUT2D eigenvalue weighted by molar-refractivity contribution is -0.384. The maximum atomic E-state index is 12.8. The average Bonchev–Trinajstić information content (AvgIpc) is 3.46. The molecule has 1 aliphatic rings. The monoisotopic (exact) mass is 725 g/mol. The van der Waals surface area contributed by atoms with Gasteiger partial charge in [0.2, 0.25) is 0 Å². The number of ether oxygens (including phenoxy) is 4. The van der Waals surface area contributed by atoms with Gasteiger partial charge in [0.05, 0.1) is 22.6 Å². The van der Waals surface area contributed by atoms with Gasteiger partial charge in [0, 0.05) is 35.7 Å². The number of fused-ring (bicyclic) bond motifs is 2. The fourth-order valence-corrected chi connectivity index (χ4v) is 7.44. The first-order valence-electron chi connectivity index (χ1n) is 17.2. The number of imidazole rings is 1. The number of carbonyl (C=O) groups is 1. The molecule has 11 nitrogen and oxygen atoms in total. The first-order chi connectivity index (χ1) is 24.9. The molecule has 6 rings (SSSR count). The highest BCUT2D eigenvalue weighted by Gasteiger charge is 2.35. The SMILES string of the molecule is CCOC(=O)C(Cc1ccc(OCc2nc3ccc(OCC4(C)CCc5c(C)c(O)c(C)c(C)c5O4)cc3n2C)cc1)Sc1ccc([N+](=O)[O-])cc1. The zero-order valence-corrected chi connectivity index (χ0v) is 31.0. The van der Waals surface area contributed by atoms with Crippen molar-refractivity contribution in [2.24, 2.45) is 7.05 Å². The fraction of sp³-hybridized carbons (Fsp3) is 0.350. The van der Waals surface area contributed by atoms with Crippen molar-refractivity contribution in [3.05, 3.63) is 110 Å². The van der Waals surface area contributed by atoms with E-state index in [9.17, 15) is 20.0 Å². The van der Waals surface area contributed by atoms with Gasteiger partial charge in [-0.2, -0.15) is 0 Å². The molecule has 272 valence electrons. The molecule has 0 fully saturated rings. The highest BCUT2D eigenvalue weighted by Crippen LogP contribution is 2.43. The third-order valence-electron chi connectivity index (χ3n) is 9.67. The predicted octanol–water partition coefficient (Wildman–Crippen LogP) is 8.12. The number of nitro groups is 1. The number of carbonyl (C=O) groups excluding carboxylic acids is 1. The first-order valence-corrected chi connectivity index (χ1v) is 18.1. The smallest absolute Gasteiger partial charge is 0.319 e. The molecular formula is C40H43N3O8S. The van der Waals surface area contributed by atoms with Crippen LogP contribution in [0.2, 0.25) is 0 Å². The summed E-state index contributed by atoms with van der Waals surface area (Å²) in [4.78, 5) is 28.9. The zero-order chi connectivity index (χ0) is 37.2. The zero-order valence-electron chi connectivity index (χ0n) is 30.2. The second-order valence-corrected chi connectivity index (χ2v) is 14.6. The van der Waals surface area contributed by atoms with Gasteiger partial charge in [-0.15, -0.1) is 11.8 Å². The molecule has 2 unspecified atom stereocenters. The van der Waals surface area contributed by atoms with Crippen LogP contribution in [0.1, 0.15) is 53.9 Å². The van der Waals surface area contributed by atoms with Gasteiger partial charge >= 0.3 is 5.97 Å². The fourth-order valence-electron chi connectivity index (χ4n) is 6.37. The number of non-ortho nitro benzene ring substituents is 1. The normalized spacial score (nSPS) is 15.8. The summed E-state index contributed by atoms with van der Waals surface area (Å²) < 4.78 is 26.3. The highest BCUT2D eigenvalue weighted by molar-refractivity contribution is 8.00. The van der Waals surface area contributed by atoms with E-state index < -0.39 is 15.8 Å². The van der Waals surface area contributed by atoms with Crippen molar-refractivity contribution in [1.29, 1.82) is 0 Å². The molecule has 2 heterocycles. The van der Waals surface area contributed by atoms with E-state index >= 15 is 0 Å². The molecule has 0 spiro atoms. The molecule has 2 atom stereocenters. The number of thioether (sulfide) groups is 1. The van der Waals surface area contributed by atoms with Gasteiger partial charge in [-0.3, -0.25) is 14.9 Å². The van der Waals surface area contributed by atoms with E-state index in [2.05, 4.69) is 6.92 Å². The molecule has 0 saturated carbocycles. The molecule has 12 heteroatoms. The number of nitrogens with zero attached hydrogens (tertiary/aromatic N) is 3. The van der Waals surface area contributed by atoms with Crippen LogP contribution in [0.4, 0.5) is 5.69 Å². The van der Waals surface area contributed by atoms with Crippen LogP contribution in [0, 0.1) is 30.9 Å². The standard InChI is InChI=1S/C40H43N3O8S/c1-7-48-39(45)35(52-31-15-10-28(11-16-31)43(46)47)20-27-8-12-29(13-9-27)49-22-36-41-33-17-14-30(21-34(33)42(36)6)50-23-40(5)19-18-32-26(4)37(44)24(2)25(3)38(32)51-40/h8-17,21,35,44H,7,18-20,22-23H2,1-6H3. The maximum Gasteiger partial charge on any atom is 0.319 e. The third kappa shape index (κ3) is 7.81. The van der Waals surface area contributed by atoms with Gasteiger partial charge in [0.15, 0.2) is 0 Å². The largest absolute Gasteiger partial charge is 0.507 e. The van der Waals surface area contributed by atoms with Crippen molar-refractivity contribution in [2.75, 3.05) is 13.2 Å². The van der Waals surface area contributed by atoms with Crippen LogP contribution in [0.15, 0.2) is 71.6 Å². The van der Waals surface area contributed by atoms with E-state index in [1.165, 1.54) is 23.9 Å². The summed E-state index contributed by atoms with van der Waals surface area (Å²) in [5.74, 6) is 2.99. The quantitative estimate of drug-likeness (QED) is 0.0549. The number of nitro benzene ring substituents is 1. The maximum absolute atomic E-state index is 12.8. The molecule has 1 aliphatic heterocycles. The van der Waals surface area contributed by atoms with Gasteiger partial charge in [-0.25, -0.2) is 4.98 Å². The average molecular weight is 726 g/mol. The van der Waals surface area contributed by atoms with E-state index in [-0.39, 0.29) is 24.9 Å². The summed E-state index contributed by atoms with van der Waals surface area (Å²) in [7, 11) is 1.95. The van der Waals surface area contributed by atoms with Gasteiger partial charge in [-0.05, 0) is 113 Å². The Kier molecular flexibility index (Phi) is 10.7. The van der Waals surface area contributed by atoms with Gasteiger partial charge in [-0.1, -0.05) is 12.1 Å². The lowest BCUT2D eigenvalue weighted by Crippen LogP contribution is -2.42. The number of aryl methyl sites for hydroxylation is 1. The van der Waals surface area contributed by atoms with Crippen molar-refractivity contribution in [1.82, 2.24) is 9.55 Å². The second-order valence-electron chi connectivity index (χ2n) is 13.4. The third-order valence-corrected chi connectivity index (χ3v) is 10.9. The Balaban J connectivity index is 1.07. The number of hydrogen-bond acceptors (Lipinski definition) is 10.